The van der Waals surface area contributed by atoms with Crippen LogP contribution in [0.15, 0.2) is 0 Å². The summed E-state index contributed by atoms with van der Waals surface area (Å²) in [6.45, 7) is 6.85. The van der Waals surface area contributed by atoms with Crippen molar-refractivity contribution in [2.24, 2.45) is 22.5 Å². The molecule has 4 heteroatoms. The molecule has 17 heavy (non-hydrogen) atoms. The van der Waals surface area contributed by atoms with Gasteiger partial charge >= 0.3 is 5.97 Å². The van der Waals surface area contributed by atoms with Crippen LogP contribution in [0, 0.1) is 16.7 Å². The molecule has 2 saturated carbocycles. The molecule has 2 rings (SSSR count). The molecule has 0 spiro atoms. The number of carbonyl (C=O) groups is 1. The van der Waals surface area contributed by atoms with Crippen molar-refractivity contribution in [3.05, 3.63) is 0 Å². The number of hydrogen-bond acceptors (Lipinski definition) is 3. The lowest BCUT2D eigenvalue weighted by molar-refractivity contribution is -0.160. The Morgan fingerprint density at radius 2 is 2.18 bits per heavy atom. The van der Waals surface area contributed by atoms with Crippen molar-refractivity contribution in [2.75, 3.05) is 6.54 Å². The minimum Gasteiger partial charge on any atom is -0.479 e. The van der Waals surface area contributed by atoms with Crippen molar-refractivity contribution in [3.8, 4) is 0 Å². The van der Waals surface area contributed by atoms with E-state index in [2.05, 4.69) is 20.8 Å². The maximum atomic E-state index is 11.0. The van der Waals surface area contributed by atoms with Crippen LogP contribution in [0.1, 0.15) is 40.0 Å². The Labute approximate surface area is 103 Å². The zero-order valence-electron chi connectivity index (χ0n) is 10.9. The smallest absolute Gasteiger partial charge is 0.334 e. The number of carboxylic acid groups (broad SMARTS) is 1. The molecule has 4 unspecified atom stereocenters. The van der Waals surface area contributed by atoms with Crippen LogP contribution in [0.4, 0.5) is 0 Å². The summed E-state index contributed by atoms with van der Waals surface area (Å²) in [5.41, 5.74) is 5.80. The van der Waals surface area contributed by atoms with E-state index in [1.165, 1.54) is 6.42 Å². The summed E-state index contributed by atoms with van der Waals surface area (Å²) in [7, 11) is 0. The molecule has 4 nitrogen and oxygen atoms in total. The van der Waals surface area contributed by atoms with Gasteiger partial charge < -0.3 is 15.6 Å². The summed E-state index contributed by atoms with van der Waals surface area (Å²) < 4.78 is 5.77. The lowest BCUT2D eigenvalue weighted by atomic mass is 9.70. The van der Waals surface area contributed by atoms with Gasteiger partial charge in [-0.15, -0.1) is 0 Å². The van der Waals surface area contributed by atoms with Gasteiger partial charge in [-0.2, -0.15) is 0 Å². The minimum absolute atomic E-state index is 0.0425. The van der Waals surface area contributed by atoms with Gasteiger partial charge in [-0.25, -0.2) is 4.79 Å². The fourth-order valence-electron chi connectivity index (χ4n) is 3.75. The van der Waals surface area contributed by atoms with Gasteiger partial charge in [0, 0.05) is 6.54 Å². The number of ether oxygens (including phenoxy) is 1. The van der Waals surface area contributed by atoms with Crippen LogP contribution in [-0.4, -0.2) is 29.8 Å². The SMILES string of the molecule is CC1(C)C2CCC1(C)C(OC(CN)C(=O)O)C2. The minimum atomic E-state index is -0.948. The van der Waals surface area contributed by atoms with Crippen molar-refractivity contribution in [1.29, 1.82) is 0 Å². The highest BCUT2D eigenvalue weighted by atomic mass is 16.5. The van der Waals surface area contributed by atoms with Crippen molar-refractivity contribution in [1.82, 2.24) is 0 Å². The molecule has 2 aliphatic rings. The molecule has 0 radical (unpaired) electrons. The molecule has 2 bridgehead atoms. The molecule has 0 heterocycles. The van der Waals surface area contributed by atoms with E-state index in [0.717, 1.165) is 12.8 Å². The van der Waals surface area contributed by atoms with E-state index in [9.17, 15) is 4.79 Å². The van der Waals surface area contributed by atoms with Gasteiger partial charge in [0.15, 0.2) is 6.10 Å². The number of carboxylic acids is 1. The van der Waals surface area contributed by atoms with Gasteiger partial charge in [0.25, 0.3) is 0 Å². The first-order valence-electron chi connectivity index (χ1n) is 6.41. The first kappa shape index (κ1) is 12.8. The van der Waals surface area contributed by atoms with E-state index in [-0.39, 0.29) is 23.5 Å². The molecule has 98 valence electrons. The van der Waals surface area contributed by atoms with Crippen LogP contribution in [0.25, 0.3) is 0 Å². The molecule has 4 atom stereocenters. The Bertz CT molecular complexity index is 329. The van der Waals surface area contributed by atoms with Crippen molar-refractivity contribution in [3.63, 3.8) is 0 Å². The quantitative estimate of drug-likeness (QED) is 0.784. The Morgan fingerprint density at radius 1 is 1.53 bits per heavy atom. The predicted octanol–water partition coefficient (Wildman–Crippen LogP) is 1.63. The molecule has 3 N–H and O–H groups in total. The largest absolute Gasteiger partial charge is 0.479 e. The van der Waals surface area contributed by atoms with E-state index < -0.39 is 12.1 Å². The second-order valence-corrected chi connectivity index (χ2v) is 6.30. The van der Waals surface area contributed by atoms with Crippen LogP contribution in [-0.2, 0) is 9.53 Å². The zero-order chi connectivity index (χ0) is 12.8. The standard InChI is InChI=1S/C13H23NO3/c1-12(2)8-4-5-13(12,3)10(6-8)17-9(7-14)11(15)16/h8-10H,4-7,14H2,1-3H3,(H,15,16). The van der Waals surface area contributed by atoms with Gasteiger partial charge in [-0.1, -0.05) is 20.8 Å². The summed E-state index contributed by atoms with van der Waals surface area (Å²) in [5, 5.41) is 9.01. The van der Waals surface area contributed by atoms with E-state index in [1.807, 2.05) is 0 Å². The summed E-state index contributed by atoms with van der Waals surface area (Å²) in [6.07, 6.45) is 2.54. The average Bonchev–Trinajstić information content (AvgIpc) is 2.57. The third kappa shape index (κ3) is 1.69. The molecular weight excluding hydrogens is 218 g/mol. The average molecular weight is 241 g/mol. The molecule has 0 aromatic heterocycles. The Hall–Kier alpha value is -0.610. The lowest BCUT2D eigenvalue weighted by Gasteiger charge is -2.39. The zero-order valence-corrected chi connectivity index (χ0v) is 10.9. The molecule has 2 fully saturated rings. The van der Waals surface area contributed by atoms with Crippen LogP contribution >= 0.6 is 0 Å². The highest BCUT2D eigenvalue weighted by Crippen LogP contribution is 2.66. The third-order valence-corrected chi connectivity index (χ3v) is 5.53. The highest BCUT2D eigenvalue weighted by molar-refractivity contribution is 5.72. The van der Waals surface area contributed by atoms with Crippen molar-refractivity contribution in [2.45, 2.75) is 52.2 Å². The molecule has 2 aliphatic carbocycles. The Kier molecular flexibility index (Phi) is 2.99. The van der Waals surface area contributed by atoms with Crippen LogP contribution in [0.3, 0.4) is 0 Å². The fraction of sp³-hybridized carbons (Fsp3) is 0.923. The first-order chi connectivity index (χ1) is 7.83. The van der Waals surface area contributed by atoms with Crippen molar-refractivity contribution < 1.29 is 14.6 Å². The van der Waals surface area contributed by atoms with E-state index in [4.69, 9.17) is 15.6 Å². The summed E-state index contributed by atoms with van der Waals surface area (Å²) in [4.78, 5) is 11.0. The summed E-state index contributed by atoms with van der Waals surface area (Å²) >= 11 is 0. The normalized spacial score (nSPS) is 40.5. The van der Waals surface area contributed by atoms with Crippen LogP contribution in [0.2, 0.25) is 0 Å². The number of nitrogens with two attached hydrogens (primary N) is 1. The molecule has 0 aromatic carbocycles. The van der Waals surface area contributed by atoms with Crippen LogP contribution in [0.5, 0.6) is 0 Å². The summed E-state index contributed by atoms with van der Waals surface area (Å²) in [5.74, 6) is -0.290. The van der Waals surface area contributed by atoms with Gasteiger partial charge in [0.1, 0.15) is 0 Å². The number of fused-ring (bicyclic) bond motifs is 2. The third-order valence-electron chi connectivity index (χ3n) is 5.53. The lowest BCUT2D eigenvalue weighted by Crippen LogP contribution is -2.43. The monoisotopic (exact) mass is 241 g/mol. The van der Waals surface area contributed by atoms with Gasteiger partial charge in [-0.05, 0) is 36.0 Å². The second kappa shape index (κ2) is 3.95. The molecule has 0 aliphatic heterocycles. The van der Waals surface area contributed by atoms with Gasteiger partial charge in [-0.3, -0.25) is 0 Å². The highest BCUT2D eigenvalue weighted by Gasteiger charge is 2.62. The second-order valence-electron chi connectivity index (χ2n) is 6.30. The Morgan fingerprint density at radius 3 is 2.53 bits per heavy atom. The van der Waals surface area contributed by atoms with Crippen LogP contribution < -0.4 is 5.73 Å². The first-order valence-corrected chi connectivity index (χ1v) is 6.41. The maximum absolute atomic E-state index is 11.0. The van der Waals surface area contributed by atoms with Gasteiger partial charge in [0.2, 0.25) is 0 Å². The van der Waals surface area contributed by atoms with E-state index in [0.29, 0.717) is 5.92 Å². The van der Waals surface area contributed by atoms with Crippen molar-refractivity contribution >= 4 is 5.97 Å². The topological polar surface area (TPSA) is 72.5 Å². The molecule has 0 aromatic rings. The number of aliphatic carboxylic acids is 1. The van der Waals surface area contributed by atoms with E-state index in [1.54, 1.807) is 0 Å². The molecular formula is C13H23NO3. The fourth-order valence-corrected chi connectivity index (χ4v) is 3.75. The predicted molar refractivity (Wildman–Crippen MR) is 64.6 cm³/mol. The van der Waals surface area contributed by atoms with Gasteiger partial charge in [0.05, 0.1) is 6.10 Å². The number of rotatable bonds is 4. The molecule has 0 saturated heterocycles. The Balaban J connectivity index is 2.13. The van der Waals surface area contributed by atoms with E-state index >= 15 is 0 Å². The summed E-state index contributed by atoms with van der Waals surface area (Å²) in [6, 6.07) is 0. The number of hydrogen-bond donors (Lipinski definition) is 2. The molecule has 0 amide bonds. The maximum Gasteiger partial charge on any atom is 0.334 e.